The molecule has 0 aromatic carbocycles. The molecule has 1 rings (SSSR count). The minimum atomic E-state index is -0.706. The Bertz CT molecular complexity index is 323. The standard InChI is InChI=1S/C14H26N2O3/c1-14(2,3)10-7-5-6-8-11(10)15-9-12(17)16-13(18)19-4/h10-11,15H,5-9H2,1-4H3,(H,16,17,18). The number of imide groups is 1. The normalized spacial score (nSPS) is 23.8. The average molecular weight is 270 g/mol. The smallest absolute Gasteiger partial charge is 0.413 e. The van der Waals surface area contributed by atoms with E-state index in [1.807, 2.05) is 0 Å². The topological polar surface area (TPSA) is 67.4 Å². The summed E-state index contributed by atoms with van der Waals surface area (Å²) in [5, 5.41) is 5.45. The quantitative estimate of drug-likeness (QED) is 0.823. The summed E-state index contributed by atoms with van der Waals surface area (Å²) in [5.74, 6) is 0.220. The van der Waals surface area contributed by atoms with Crippen molar-refractivity contribution in [2.24, 2.45) is 11.3 Å². The van der Waals surface area contributed by atoms with E-state index in [-0.39, 0.29) is 17.9 Å². The molecule has 5 nitrogen and oxygen atoms in total. The van der Waals surface area contributed by atoms with E-state index in [2.05, 4.69) is 36.1 Å². The Morgan fingerprint density at radius 3 is 2.42 bits per heavy atom. The predicted molar refractivity (Wildman–Crippen MR) is 73.8 cm³/mol. The molecule has 2 atom stereocenters. The molecule has 0 spiro atoms. The number of nitrogens with one attached hydrogen (secondary N) is 2. The molecule has 2 amide bonds. The summed E-state index contributed by atoms with van der Waals surface area (Å²) in [7, 11) is 1.24. The number of carbonyl (C=O) groups is 2. The molecule has 0 aromatic heterocycles. The molecular formula is C14H26N2O3. The molecule has 1 fully saturated rings. The molecule has 0 heterocycles. The fraction of sp³-hybridized carbons (Fsp3) is 0.857. The van der Waals surface area contributed by atoms with Crippen LogP contribution in [0.25, 0.3) is 0 Å². The van der Waals surface area contributed by atoms with Crippen LogP contribution in [-0.2, 0) is 9.53 Å². The maximum Gasteiger partial charge on any atom is 0.413 e. The number of ether oxygens (including phenoxy) is 1. The predicted octanol–water partition coefficient (Wildman–Crippen LogP) is 2.06. The summed E-state index contributed by atoms with van der Waals surface area (Å²) in [6.07, 6.45) is 4.03. The van der Waals surface area contributed by atoms with Gasteiger partial charge in [-0.25, -0.2) is 4.79 Å². The van der Waals surface area contributed by atoms with Crippen molar-refractivity contribution in [3.05, 3.63) is 0 Å². The minimum Gasteiger partial charge on any atom is -0.453 e. The van der Waals surface area contributed by atoms with Gasteiger partial charge in [-0.2, -0.15) is 0 Å². The average Bonchev–Trinajstić information content (AvgIpc) is 2.35. The zero-order chi connectivity index (χ0) is 14.5. The van der Waals surface area contributed by atoms with Crippen LogP contribution >= 0.6 is 0 Å². The third kappa shape index (κ3) is 5.19. The van der Waals surface area contributed by atoms with Crippen molar-refractivity contribution >= 4 is 12.0 Å². The fourth-order valence-corrected chi connectivity index (χ4v) is 2.84. The Morgan fingerprint density at radius 1 is 1.21 bits per heavy atom. The van der Waals surface area contributed by atoms with Gasteiger partial charge in [-0.1, -0.05) is 33.6 Å². The van der Waals surface area contributed by atoms with E-state index in [0.29, 0.717) is 12.0 Å². The SMILES string of the molecule is COC(=O)NC(=O)CNC1CCCCC1C(C)(C)C. The first kappa shape index (κ1) is 16.0. The van der Waals surface area contributed by atoms with Gasteiger partial charge in [0.2, 0.25) is 5.91 Å². The van der Waals surface area contributed by atoms with Crippen LogP contribution in [-0.4, -0.2) is 31.7 Å². The number of hydrogen-bond donors (Lipinski definition) is 2. The molecule has 19 heavy (non-hydrogen) atoms. The molecule has 0 aliphatic heterocycles. The second-order valence-electron chi connectivity index (χ2n) is 6.28. The van der Waals surface area contributed by atoms with Gasteiger partial charge in [0.1, 0.15) is 0 Å². The largest absolute Gasteiger partial charge is 0.453 e. The van der Waals surface area contributed by atoms with Crippen LogP contribution in [0.15, 0.2) is 0 Å². The molecule has 2 unspecified atom stereocenters. The van der Waals surface area contributed by atoms with Gasteiger partial charge in [0, 0.05) is 6.04 Å². The van der Waals surface area contributed by atoms with Crippen molar-refractivity contribution in [2.75, 3.05) is 13.7 Å². The van der Waals surface area contributed by atoms with E-state index >= 15 is 0 Å². The maximum atomic E-state index is 11.5. The van der Waals surface area contributed by atoms with Crippen molar-refractivity contribution in [2.45, 2.75) is 52.5 Å². The number of hydrogen-bond acceptors (Lipinski definition) is 4. The highest BCUT2D eigenvalue weighted by molar-refractivity contribution is 5.92. The van der Waals surface area contributed by atoms with Gasteiger partial charge in [0.25, 0.3) is 0 Å². The Morgan fingerprint density at radius 2 is 1.84 bits per heavy atom. The van der Waals surface area contributed by atoms with E-state index in [0.717, 1.165) is 6.42 Å². The second kappa shape index (κ2) is 6.89. The second-order valence-corrected chi connectivity index (χ2v) is 6.28. The lowest BCUT2D eigenvalue weighted by atomic mass is 9.69. The third-order valence-electron chi connectivity index (χ3n) is 3.83. The molecule has 1 saturated carbocycles. The van der Waals surface area contributed by atoms with Gasteiger partial charge in [0.05, 0.1) is 13.7 Å². The lowest BCUT2D eigenvalue weighted by molar-refractivity contribution is -0.119. The van der Waals surface area contributed by atoms with Crippen molar-refractivity contribution < 1.29 is 14.3 Å². The summed E-state index contributed by atoms with van der Waals surface area (Å²) < 4.78 is 4.39. The van der Waals surface area contributed by atoms with E-state index in [1.165, 1.54) is 26.4 Å². The van der Waals surface area contributed by atoms with Crippen LogP contribution in [0, 0.1) is 11.3 Å². The first-order chi connectivity index (χ1) is 8.84. The highest BCUT2D eigenvalue weighted by Gasteiger charge is 2.33. The zero-order valence-electron chi connectivity index (χ0n) is 12.4. The van der Waals surface area contributed by atoms with Gasteiger partial charge < -0.3 is 10.1 Å². The van der Waals surface area contributed by atoms with Gasteiger partial charge >= 0.3 is 6.09 Å². The maximum absolute atomic E-state index is 11.5. The first-order valence-corrected chi connectivity index (χ1v) is 6.95. The summed E-state index contributed by atoms with van der Waals surface area (Å²) in [5.41, 5.74) is 0.233. The fourth-order valence-electron chi connectivity index (χ4n) is 2.84. The Balaban J connectivity index is 2.45. The van der Waals surface area contributed by atoms with Crippen LogP contribution < -0.4 is 10.6 Å². The molecule has 0 radical (unpaired) electrons. The third-order valence-corrected chi connectivity index (χ3v) is 3.83. The number of methoxy groups -OCH3 is 1. The van der Waals surface area contributed by atoms with Crippen LogP contribution in [0.3, 0.4) is 0 Å². The summed E-state index contributed by atoms with van der Waals surface area (Å²) in [6.45, 7) is 6.89. The van der Waals surface area contributed by atoms with E-state index < -0.39 is 6.09 Å². The number of rotatable bonds is 3. The number of amides is 2. The Labute approximate surface area is 115 Å². The first-order valence-electron chi connectivity index (χ1n) is 6.95. The molecular weight excluding hydrogens is 244 g/mol. The molecule has 5 heteroatoms. The van der Waals surface area contributed by atoms with E-state index in [9.17, 15) is 9.59 Å². The van der Waals surface area contributed by atoms with Crippen molar-refractivity contribution in [3.8, 4) is 0 Å². The molecule has 0 bridgehead atoms. The summed E-state index contributed by atoms with van der Waals surface area (Å²) >= 11 is 0. The van der Waals surface area contributed by atoms with Crippen molar-refractivity contribution in [1.29, 1.82) is 0 Å². The lowest BCUT2D eigenvalue weighted by Crippen LogP contribution is -2.48. The van der Waals surface area contributed by atoms with Crippen LogP contribution in [0.4, 0.5) is 4.79 Å². The zero-order valence-corrected chi connectivity index (χ0v) is 12.4. The van der Waals surface area contributed by atoms with E-state index in [1.54, 1.807) is 0 Å². The highest BCUT2D eigenvalue weighted by atomic mass is 16.5. The van der Waals surface area contributed by atoms with Crippen LogP contribution in [0.5, 0.6) is 0 Å². The monoisotopic (exact) mass is 270 g/mol. The molecule has 1 aliphatic rings. The van der Waals surface area contributed by atoms with Gasteiger partial charge in [-0.05, 0) is 24.2 Å². The summed E-state index contributed by atoms with van der Waals surface area (Å²) in [6, 6.07) is 0.345. The molecule has 1 aliphatic carbocycles. The minimum absolute atomic E-state index is 0.159. The molecule has 110 valence electrons. The Kier molecular flexibility index (Phi) is 5.79. The van der Waals surface area contributed by atoms with Crippen LogP contribution in [0.2, 0.25) is 0 Å². The molecule has 0 saturated heterocycles. The number of alkyl carbamates (subject to hydrolysis) is 1. The Hall–Kier alpha value is -1.10. The highest BCUT2D eigenvalue weighted by Crippen LogP contribution is 2.37. The van der Waals surface area contributed by atoms with Gasteiger partial charge in [-0.15, -0.1) is 0 Å². The van der Waals surface area contributed by atoms with E-state index in [4.69, 9.17) is 0 Å². The van der Waals surface area contributed by atoms with Crippen molar-refractivity contribution in [1.82, 2.24) is 10.6 Å². The molecule has 0 aromatic rings. The summed E-state index contributed by atoms with van der Waals surface area (Å²) in [4.78, 5) is 22.5. The van der Waals surface area contributed by atoms with Crippen LogP contribution in [0.1, 0.15) is 46.5 Å². The van der Waals surface area contributed by atoms with Gasteiger partial charge in [0.15, 0.2) is 0 Å². The van der Waals surface area contributed by atoms with Gasteiger partial charge in [-0.3, -0.25) is 10.1 Å². The number of carbonyl (C=O) groups excluding carboxylic acids is 2. The van der Waals surface area contributed by atoms with Crippen molar-refractivity contribution in [3.63, 3.8) is 0 Å². The molecule has 2 N–H and O–H groups in total. The lowest BCUT2D eigenvalue weighted by Gasteiger charge is -2.40.